The van der Waals surface area contributed by atoms with Crippen molar-refractivity contribution in [3.63, 3.8) is 0 Å². The van der Waals surface area contributed by atoms with Gasteiger partial charge in [0, 0.05) is 22.0 Å². The molecule has 0 saturated carbocycles. The standard InChI is InChI=1S/C32H28N4O2S2/c1-18-12-14-22(15-13-18)33-29(37)28-23-8-4-7-11-26(23)39-31(28)35-19(2)16-21(20(35)3)17-27-30(38)36-25-10-6-5-9-24(25)34-32(36)40-27/h5-6,9-10,12-17H,4,7-8,11H2,1-3H3,(H,33,37)/b27-17-. The van der Waals surface area contributed by atoms with Gasteiger partial charge in [-0.05, 0) is 94.0 Å². The van der Waals surface area contributed by atoms with Gasteiger partial charge in [0.15, 0.2) is 4.96 Å². The van der Waals surface area contributed by atoms with Crippen LogP contribution < -0.4 is 15.4 Å². The van der Waals surface area contributed by atoms with Crippen LogP contribution in [0.25, 0.3) is 27.1 Å². The molecule has 1 N–H and O–H groups in total. The predicted octanol–water partition coefficient (Wildman–Crippen LogP) is 6.37. The third-order valence-electron chi connectivity index (χ3n) is 7.79. The molecule has 0 spiro atoms. The molecule has 4 aromatic heterocycles. The van der Waals surface area contributed by atoms with Gasteiger partial charge >= 0.3 is 0 Å². The zero-order valence-corrected chi connectivity index (χ0v) is 24.2. The number of para-hydroxylation sites is 2. The number of aryl methyl sites for hydroxylation is 3. The van der Waals surface area contributed by atoms with Crippen LogP contribution in [0.3, 0.4) is 0 Å². The lowest BCUT2D eigenvalue weighted by Gasteiger charge is -2.14. The number of thiophene rings is 1. The van der Waals surface area contributed by atoms with Crippen LogP contribution in [-0.4, -0.2) is 19.9 Å². The Morgan fingerprint density at radius 3 is 2.60 bits per heavy atom. The van der Waals surface area contributed by atoms with Gasteiger partial charge in [-0.1, -0.05) is 41.2 Å². The molecular formula is C32H28N4O2S2. The lowest BCUT2D eigenvalue weighted by molar-refractivity contribution is 0.102. The summed E-state index contributed by atoms with van der Waals surface area (Å²) in [5.74, 6) is -0.0653. The maximum Gasteiger partial charge on any atom is 0.274 e. The Hall–Kier alpha value is -4.01. The summed E-state index contributed by atoms with van der Waals surface area (Å²) in [6, 6.07) is 17.8. The second-order valence-corrected chi connectivity index (χ2v) is 12.6. The third kappa shape index (κ3) is 4.01. The average molecular weight is 565 g/mol. The minimum Gasteiger partial charge on any atom is -0.322 e. The quantitative estimate of drug-likeness (QED) is 0.271. The first-order chi connectivity index (χ1) is 19.4. The molecule has 1 aliphatic carbocycles. The molecule has 0 saturated heterocycles. The van der Waals surface area contributed by atoms with Crippen molar-refractivity contribution in [3.05, 3.63) is 108 Å². The van der Waals surface area contributed by atoms with E-state index in [1.807, 2.05) is 61.5 Å². The zero-order chi connectivity index (χ0) is 27.5. The number of aromatic nitrogens is 3. The van der Waals surface area contributed by atoms with Crippen LogP contribution in [0, 0.1) is 20.8 Å². The first kappa shape index (κ1) is 25.0. The number of thiazole rings is 1. The molecule has 6 aromatic rings. The number of nitrogens with one attached hydrogen (secondary N) is 1. The number of anilines is 1. The molecule has 0 aliphatic heterocycles. The molecule has 0 fully saturated rings. The third-order valence-corrected chi connectivity index (χ3v) is 10.0. The van der Waals surface area contributed by atoms with Crippen molar-refractivity contribution in [1.82, 2.24) is 14.0 Å². The number of fused-ring (bicyclic) bond motifs is 4. The Kier molecular flexibility index (Phi) is 5.98. The Morgan fingerprint density at radius 1 is 1.00 bits per heavy atom. The fourth-order valence-electron chi connectivity index (χ4n) is 5.77. The summed E-state index contributed by atoms with van der Waals surface area (Å²) in [7, 11) is 0. The number of benzene rings is 2. The van der Waals surface area contributed by atoms with Crippen LogP contribution in [0.2, 0.25) is 0 Å². The highest BCUT2D eigenvalue weighted by atomic mass is 32.1. The van der Waals surface area contributed by atoms with Gasteiger partial charge < -0.3 is 9.88 Å². The highest BCUT2D eigenvalue weighted by molar-refractivity contribution is 7.15. The van der Waals surface area contributed by atoms with E-state index in [0.717, 1.165) is 75.5 Å². The van der Waals surface area contributed by atoms with Crippen molar-refractivity contribution in [1.29, 1.82) is 0 Å². The van der Waals surface area contributed by atoms with E-state index < -0.39 is 0 Å². The molecule has 0 unspecified atom stereocenters. The molecule has 1 amide bonds. The first-order valence-corrected chi connectivity index (χ1v) is 15.2. The van der Waals surface area contributed by atoms with Crippen molar-refractivity contribution in [3.8, 4) is 5.00 Å². The van der Waals surface area contributed by atoms with Gasteiger partial charge in [-0.2, -0.15) is 0 Å². The summed E-state index contributed by atoms with van der Waals surface area (Å²) < 4.78 is 4.54. The number of carbonyl (C=O) groups excluding carboxylic acids is 1. The number of hydrogen-bond donors (Lipinski definition) is 1. The fourth-order valence-corrected chi connectivity index (χ4v) is 8.25. The highest BCUT2D eigenvalue weighted by Gasteiger charge is 2.28. The normalized spacial score (nSPS) is 13.8. The summed E-state index contributed by atoms with van der Waals surface area (Å²) in [5.41, 5.74) is 8.53. The fraction of sp³-hybridized carbons (Fsp3) is 0.219. The van der Waals surface area contributed by atoms with Crippen LogP contribution in [0.1, 0.15) is 56.2 Å². The second-order valence-electron chi connectivity index (χ2n) is 10.5. The van der Waals surface area contributed by atoms with Crippen LogP contribution in [0.5, 0.6) is 0 Å². The predicted molar refractivity (Wildman–Crippen MR) is 165 cm³/mol. The van der Waals surface area contributed by atoms with Gasteiger partial charge in [0.25, 0.3) is 11.5 Å². The van der Waals surface area contributed by atoms with Gasteiger partial charge in [0.2, 0.25) is 0 Å². The molecule has 0 atom stereocenters. The topological polar surface area (TPSA) is 68.4 Å². The smallest absolute Gasteiger partial charge is 0.274 e. The van der Waals surface area contributed by atoms with Crippen LogP contribution in [-0.2, 0) is 12.8 Å². The van der Waals surface area contributed by atoms with E-state index in [1.165, 1.54) is 21.8 Å². The van der Waals surface area contributed by atoms with Crippen LogP contribution in [0.4, 0.5) is 5.69 Å². The maximum atomic E-state index is 13.8. The molecule has 2 aromatic carbocycles. The summed E-state index contributed by atoms with van der Waals surface area (Å²) in [5, 5.41) is 4.11. The van der Waals surface area contributed by atoms with E-state index in [2.05, 4.69) is 34.8 Å². The van der Waals surface area contributed by atoms with Gasteiger partial charge in [-0.15, -0.1) is 11.3 Å². The summed E-state index contributed by atoms with van der Waals surface area (Å²) in [6.45, 7) is 6.17. The zero-order valence-electron chi connectivity index (χ0n) is 22.6. The van der Waals surface area contributed by atoms with E-state index in [-0.39, 0.29) is 11.5 Å². The van der Waals surface area contributed by atoms with Crippen molar-refractivity contribution in [2.45, 2.75) is 46.5 Å². The van der Waals surface area contributed by atoms with Crippen LogP contribution in [0.15, 0.2) is 59.4 Å². The number of carbonyl (C=O) groups is 1. The molecule has 7 rings (SSSR count). The number of rotatable bonds is 4. The van der Waals surface area contributed by atoms with Crippen molar-refractivity contribution in [2.24, 2.45) is 0 Å². The molecule has 6 nitrogen and oxygen atoms in total. The highest BCUT2D eigenvalue weighted by Crippen LogP contribution is 2.39. The largest absolute Gasteiger partial charge is 0.322 e. The van der Waals surface area contributed by atoms with Gasteiger partial charge in [-0.25, -0.2) is 9.38 Å². The van der Waals surface area contributed by atoms with E-state index in [4.69, 9.17) is 0 Å². The Balaban J connectivity index is 1.34. The molecule has 40 heavy (non-hydrogen) atoms. The minimum atomic E-state index is -0.0653. The monoisotopic (exact) mass is 564 g/mol. The molecule has 8 heteroatoms. The van der Waals surface area contributed by atoms with Gasteiger partial charge in [0.05, 0.1) is 21.1 Å². The summed E-state index contributed by atoms with van der Waals surface area (Å²) >= 11 is 3.14. The van der Waals surface area contributed by atoms with E-state index in [0.29, 0.717) is 9.49 Å². The minimum absolute atomic E-state index is 0.0525. The molecule has 200 valence electrons. The Bertz CT molecular complexity index is 2060. The summed E-state index contributed by atoms with van der Waals surface area (Å²) in [4.78, 5) is 33.8. The maximum absolute atomic E-state index is 13.8. The van der Waals surface area contributed by atoms with Gasteiger partial charge in [-0.3, -0.25) is 9.59 Å². The van der Waals surface area contributed by atoms with Crippen molar-refractivity contribution in [2.75, 3.05) is 5.32 Å². The van der Waals surface area contributed by atoms with Gasteiger partial charge in [0.1, 0.15) is 5.00 Å². The van der Waals surface area contributed by atoms with Crippen molar-refractivity contribution < 1.29 is 4.79 Å². The number of amides is 1. The van der Waals surface area contributed by atoms with E-state index in [9.17, 15) is 9.59 Å². The second kappa shape index (κ2) is 9.57. The average Bonchev–Trinajstić information content (AvgIpc) is 3.66. The van der Waals surface area contributed by atoms with E-state index >= 15 is 0 Å². The molecular weight excluding hydrogens is 537 g/mol. The molecule has 0 bridgehead atoms. The SMILES string of the molecule is Cc1ccc(NC(=O)c2c(-n3c(C)cc(/C=c4\sc5nc6ccccc6n5c4=O)c3C)sc3c2CCCC3)cc1. The molecule has 1 aliphatic rings. The first-order valence-electron chi connectivity index (χ1n) is 13.5. The Labute approximate surface area is 239 Å². The van der Waals surface area contributed by atoms with E-state index in [1.54, 1.807) is 15.7 Å². The number of nitrogens with zero attached hydrogens (tertiary/aromatic N) is 3. The lowest BCUT2D eigenvalue weighted by Crippen LogP contribution is -2.22. The number of hydrogen-bond acceptors (Lipinski definition) is 5. The van der Waals surface area contributed by atoms with Crippen molar-refractivity contribution >= 4 is 56.3 Å². The Morgan fingerprint density at radius 2 is 1.77 bits per heavy atom. The molecule has 0 radical (unpaired) electrons. The lowest BCUT2D eigenvalue weighted by atomic mass is 9.95. The van der Waals surface area contributed by atoms with Crippen LogP contribution >= 0.6 is 22.7 Å². The number of imidazole rings is 1. The summed E-state index contributed by atoms with van der Waals surface area (Å²) in [6.07, 6.45) is 6.14. The molecule has 4 heterocycles.